The van der Waals surface area contributed by atoms with Crippen LogP contribution in [0.5, 0.6) is 11.6 Å². The molecule has 0 amide bonds. The quantitative estimate of drug-likeness (QED) is 0.131. The molecule has 6 aromatic carbocycles. The number of hydrogen-bond acceptors (Lipinski definition) is 3. The van der Waals surface area contributed by atoms with Crippen LogP contribution in [-0.4, -0.2) is 20.1 Å². The van der Waals surface area contributed by atoms with E-state index in [4.69, 9.17) is 20.0 Å². The van der Waals surface area contributed by atoms with E-state index in [0.29, 0.717) is 23.4 Å². The fourth-order valence-corrected chi connectivity index (χ4v) is 6.78. The van der Waals surface area contributed by atoms with Crippen LogP contribution in [-0.2, 0) is 21.1 Å². The number of benzene rings is 6. The summed E-state index contributed by atoms with van der Waals surface area (Å²) in [6.45, 7) is 0. The summed E-state index contributed by atoms with van der Waals surface area (Å²) in [6.07, 6.45) is 3.50. The number of nitrogens with zero attached hydrogens (tertiary/aromatic N) is 6. The molecule has 0 N–H and O–H groups in total. The monoisotopic (exact) mass is 837 g/mol. The average Bonchev–Trinajstić information content (AvgIpc) is 3.66. The predicted octanol–water partition coefficient (Wildman–Crippen LogP) is 10.0. The number of imidazole rings is 1. The zero-order chi connectivity index (χ0) is 33.0. The van der Waals surface area contributed by atoms with Gasteiger partial charge in [-0.1, -0.05) is 127 Å². The van der Waals surface area contributed by atoms with Crippen LogP contribution in [0.25, 0.3) is 60.8 Å². The maximum atomic E-state index is 6.44. The van der Waals surface area contributed by atoms with Gasteiger partial charge < -0.3 is 19.6 Å². The Bertz CT molecular complexity index is 2780. The van der Waals surface area contributed by atoms with Crippen molar-refractivity contribution in [3.8, 4) is 34.3 Å². The third kappa shape index (κ3) is 5.22. The Morgan fingerprint density at radius 3 is 2.27 bits per heavy atom. The first-order valence-corrected chi connectivity index (χ1v) is 16.4. The molecule has 0 saturated carbocycles. The van der Waals surface area contributed by atoms with Crippen LogP contribution in [0.15, 0.2) is 163 Å². The molecule has 0 radical (unpaired) electrons. The molecule has 0 saturated heterocycles. The average molecular weight is 838 g/mol. The van der Waals surface area contributed by atoms with Gasteiger partial charge in [0.15, 0.2) is 5.82 Å². The van der Waals surface area contributed by atoms with E-state index < -0.39 is 0 Å². The molecular weight excluding hydrogens is 812 g/mol. The summed E-state index contributed by atoms with van der Waals surface area (Å²) in [6, 6.07) is 56.3. The Kier molecular flexibility index (Phi) is 7.56. The Morgan fingerprint density at radius 2 is 1.37 bits per heavy atom. The van der Waals surface area contributed by atoms with Crippen molar-refractivity contribution >= 4 is 50.2 Å². The van der Waals surface area contributed by atoms with E-state index in [9.17, 15) is 0 Å². The minimum atomic E-state index is 0. The first-order chi connectivity index (χ1) is 24.8. The first-order valence-electron chi connectivity index (χ1n) is 16.4. The number of rotatable bonds is 4. The normalized spacial score (nSPS) is 12.0. The van der Waals surface area contributed by atoms with E-state index in [-0.39, 0.29) is 21.1 Å². The van der Waals surface area contributed by atoms with Crippen molar-refractivity contribution in [3.63, 3.8) is 0 Å². The summed E-state index contributed by atoms with van der Waals surface area (Å²) in [7, 11) is 0. The summed E-state index contributed by atoms with van der Waals surface area (Å²) < 4.78 is 12.5. The van der Waals surface area contributed by atoms with Gasteiger partial charge in [-0.05, 0) is 40.9 Å². The van der Waals surface area contributed by atoms with E-state index in [2.05, 4.69) is 71.6 Å². The second-order valence-electron chi connectivity index (χ2n) is 12.0. The van der Waals surface area contributed by atoms with Crippen LogP contribution in [0.1, 0.15) is 0 Å². The van der Waals surface area contributed by atoms with E-state index in [1.54, 1.807) is 0 Å². The van der Waals surface area contributed by atoms with Gasteiger partial charge in [-0.25, -0.2) is 4.98 Å². The van der Waals surface area contributed by atoms with E-state index >= 15 is 0 Å². The van der Waals surface area contributed by atoms with Crippen molar-refractivity contribution in [1.82, 2.24) is 14.1 Å². The molecule has 1 aliphatic heterocycles. The molecule has 0 aliphatic carbocycles. The zero-order valence-electron chi connectivity index (χ0n) is 26.9. The van der Waals surface area contributed by atoms with Crippen LogP contribution in [0.4, 0.5) is 11.4 Å². The van der Waals surface area contributed by atoms with Crippen molar-refractivity contribution in [1.29, 1.82) is 0 Å². The minimum absolute atomic E-state index is 0. The fraction of sp³-hybridized carbons (Fsp3) is 0. The van der Waals surface area contributed by atoms with Gasteiger partial charge >= 0.3 is 0 Å². The van der Waals surface area contributed by atoms with Crippen LogP contribution >= 0.6 is 0 Å². The molecule has 8 heteroatoms. The first kappa shape index (κ1) is 30.7. The van der Waals surface area contributed by atoms with Gasteiger partial charge in [-0.15, -0.1) is 23.0 Å². The second-order valence-corrected chi connectivity index (χ2v) is 12.0. The number of pyridine rings is 1. The molecule has 4 heterocycles. The predicted molar refractivity (Wildman–Crippen MR) is 197 cm³/mol. The molecule has 51 heavy (non-hydrogen) atoms. The molecule has 0 atom stereocenters. The van der Waals surface area contributed by atoms with E-state index in [0.717, 1.165) is 61.0 Å². The van der Waals surface area contributed by atoms with Crippen molar-refractivity contribution in [2.75, 3.05) is 0 Å². The van der Waals surface area contributed by atoms with Crippen molar-refractivity contribution in [3.05, 3.63) is 175 Å². The smallest absolute Gasteiger partial charge is 0.271 e. The molecule has 1 aliphatic rings. The maximum absolute atomic E-state index is 6.44. The van der Waals surface area contributed by atoms with E-state index in [1.165, 1.54) is 0 Å². The number of aromatic nitrogens is 4. The Balaban J connectivity index is 0.00000348. The van der Waals surface area contributed by atoms with Crippen LogP contribution in [0, 0.1) is 12.4 Å². The van der Waals surface area contributed by atoms with Crippen LogP contribution < -0.4 is 9.30 Å². The van der Waals surface area contributed by atoms with Crippen molar-refractivity contribution < 1.29 is 30.4 Å². The summed E-state index contributed by atoms with van der Waals surface area (Å²) in [5.41, 5.74) is 8.63. The Hall–Kier alpha value is -6.30. The molecule has 7 nitrogen and oxygen atoms in total. The Labute approximate surface area is 308 Å². The SMILES string of the molecule is [Pt].[c-]1c(Oc2cccc(-n3[c-][n+](-c4ccccc4)c4ccccc43)n2)ccc2c3ccccc3n(C3=Nc4ccccc4-c4ccccc4[N-]3)c12. The fourth-order valence-electron chi connectivity index (χ4n) is 6.78. The zero-order valence-corrected chi connectivity index (χ0v) is 29.2. The minimum Gasteiger partial charge on any atom is -0.466 e. The molecule has 0 bridgehead atoms. The van der Waals surface area contributed by atoms with Gasteiger partial charge in [0.25, 0.3) is 6.33 Å². The summed E-state index contributed by atoms with van der Waals surface area (Å²) in [5, 5.41) is 7.24. The molecule has 246 valence electrons. The van der Waals surface area contributed by atoms with Gasteiger partial charge in [0.1, 0.15) is 0 Å². The van der Waals surface area contributed by atoms with Gasteiger partial charge in [-0.3, -0.25) is 9.13 Å². The third-order valence-electron chi connectivity index (χ3n) is 9.03. The molecule has 3 aromatic heterocycles. The molecule has 0 fully saturated rings. The van der Waals surface area contributed by atoms with Crippen LogP contribution in [0.2, 0.25) is 0 Å². The van der Waals surface area contributed by atoms with Crippen molar-refractivity contribution in [2.45, 2.75) is 0 Å². The van der Waals surface area contributed by atoms with Crippen molar-refractivity contribution in [2.24, 2.45) is 4.99 Å². The molecular formula is C43H26N6OPt-2. The molecule has 0 spiro atoms. The summed E-state index contributed by atoms with van der Waals surface area (Å²) >= 11 is 0. The number of fused-ring (bicyclic) bond motifs is 7. The summed E-state index contributed by atoms with van der Waals surface area (Å²) in [5.74, 6) is 2.22. The number of para-hydroxylation sites is 6. The maximum Gasteiger partial charge on any atom is 0.271 e. The molecule has 9 aromatic rings. The number of hydrogen-bond donors (Lipinski definition) is 0. The topological polar surface area (TPSA) is 62.3 Å². The second kappa shape index (κ2) is 12.5. The van der Waals surface area contributed by atoms with Gasteiger partial charge in [0.05, 0.1) is 16.7 Å². The molecule has 10 rings (SSSR count). The third-order valence-corrected chi connectivity index (χ3v) is 9.03. The molecule has 0 unspecified atom stereocenters. The Morgan fingerprint density at radius 1 is 0.627 bits per heavy atom. The van der Waals surface area contributed by atoms with Gasteiger partial charge in [0, 0.05) is 44.1 Å². The standard InChI is InChI=1S/C43H26N6O.Pt/c1-2-13-29(14-3-1)47-28-48(39-22-11-10-21-38(39)47)41-23-12-24-42(46-41)50-30-25-26-34-33-17-6-9-20-37(33)49(40(34)27-30)43-44-35-18-7-4-15-31(35)32-16-5-8-19-36(32)45-43;/h1-26H;/q-2;. The van der Waals surface area contributed by atoms with Crippen LogP contribution in [0.3, 0.4) is 0 Å². The van der Waals surface area contributed by atoms with Gasteiger partial charge in [0.2, 0.25) is 5.88 Å². The van der Waals surface area contributed by atoms with Gasteiger partial charge in [-0.2, -0.15) is 6.07 Å². The largest absolute Gasteiger partial charge is 0.466 e. The number of ether oxygens (including phenoxy) is 1. The van der Waals surface area contributed by atoms with E-state index in [1.807, 2.05) is 112 Å². The number of aliphatic imine (C=N–C) groups is 1. The summed E-state index contributed by atoms with van der Waals surface area (Å²) in [4.78, 5) is 10.1.